The molecule has 2 aromatic heterocycles. The summed E-state index contributed by atoms with van der Waals surface area (Å²) in [7, 11) is 0. The van der Waals surface area contributed by atoms with Crippen LogP contribution in [-0.4, -0.2) is 31.5 Å². The summed E-state index contributed by atoms with van der Waals surface area (Å²) in [4.78, 5) is 8.97. The molecule has 0 aliphatic rings. The molecule has 2 heterocycles. The zero-order valence-corrected chi connectivity index (χ0v) is 12.7. The van der Waals surface area contributed by atoms with Crippen LogP contribution in [0.3, 0.4) is 0 Å². The number of nitrogens with two attached hydrogens (primary N) is 1. The van der Waals surface area contributed by atoms with Crippen molar-refractivity contribution in [3.63, 3.8) is 0 Å². The molecule has 2 aromatic rings. The lowest BCUT2D eigenvalue weighted by molar-refractivity contribution is 0.569. The van der Waals surface area contributed by atoms with Crippen LogP contribution < -0.4 is 16.6 Å². The summed E-state index contributed by atoms with van der Waals surface area (Å²) >= 11 is 0. The molecule has 0 spiro atoms. The Hall–Kier alpha value is -2.22. The van der Waals surface area contributed by atoms with Crippen molar-refractivity contribution in [2.24, 2.45) is 5.84 Å². The first-order valence-corrected chi connectivity index (χ1v) is 7.05. The number of nitrogens with zero attached hydrogens (tertiary/aromatic N) is 5. The molecule has 0 fully saturated rings. The summed E-state index contributed by atoms with van der Waals surface area (Å²) in [5, 5.41) is 11.0. The maximum atomic E-state index is 5.52. The molecule has 0 aliphatic carbocycles. The molecule has 0 unspecified atom stereocenters. The fraction of sp³-hybridized carbons (Fsp3) is 0.538. The second kappa shape index (κ2) is 6.98. The Labute approximate surface area is 124 Å². The summed E-state index contributed by atoms with van der Waals surface area (Å²) in [6, 6.07) is 0. The predicted octanol–water partition coefficient (Wildman–Crippen LogP) is 1.29. The summed E-state index contributed by atoms with van der Waals surface area (Å²) < 4.78 is 1.81. The molecule has 0 aliphatic heterocycles. The minimum Gasteiger partial charge on any atom is -0.370 e. The Balaban J connectivity index is 1.99. The van der Waals surface area contributed by atoms with Gasteiger partial charge in [-0.15, -0.1) is 5.10 Å². The number of hydrogen-bond acceptors (Lipinski definition) is 7. The Morgan fingerprint density at radius 2 is 2.05 bits per heavy atom. The number of nitrogen functional groups attached to an aromatic ring is 1. The largest absolute Gasteiger partial charge is 0.370 e. The van der Waals surface area contributed by atoms with Crippen LogP contribution in [0, 0.1) is 6.92 Å². The van der Waals surface area contributed by atoms with E-state index in [1.807, 2.05) is 13.1 Å². The van der Waals surface area contributed by atoms with E-state index >= 15 is 0 Å². The van der Waals surface area contributed by atoms with Gasteiger partial charge < -0.3 is 10.7 Å². The van der Waals surface area contributed by atoms with Crippen molar-refractivity contribution in [3.8, 4) is 0 Å². The van der Waals surface area contributed by atoms with Crippen LogP contribution in [0.25, 0.3) is 0 Å². The third-order valence-electron chi connectivity index (χ3n) is 3.14. The highest BCUT2D eigenvalue weighted by Crippen LogP contribution is 2.22. The van der Waals surface area contributed by atoms with Gasteiger partial charge in [-0.05, 0) is 13.3 Å². The number of hydrazine groups is 1. The highest BCUT2D eigenvalue weighted by atomic mass is 15.4. The van der Waals surface area contributed by atoms with Crippen molar-refractivity contribution >= 4 is 11.6 Å². The van der Waals surface area contributed by atoms with Crippen LogP contribution in [0.2, 0.25) is 0 Å². The average Bonchev–Trinajstić information content (AvgIpc) is 2.98. The molecule has 0 atom stereocenters. The standard InChI is InChI=1S/C13H22N8/c1-9(2)11-17-12(10(3)13(18-11)19-14)15-5-4-7-21-8-6-16-20-21/h6,8-9H,4-5,7,14H2,1-3H3,(H2,15,17,18,19). The Bertz CT molecular complexity index is 564. The highest BCUT2D eigenvalue weighted by molar-refractivity contribution is 5.56. The molecule has 8 heteroatoms. The van der Waals surface area contributed by atoms with E-state index in [1.54, 1.807) is 10.9 Å². The Morgan fingerprint density at radius 3 is 2.67 bits per heavy atom. The van der Waals surface area contributed by atoms with Crippen molar-refractivity contribution in [2.45, 2.75) is 39.7 Å². The van der Waals surface area contributed by atoms with Crippen molar-refractivity contribution in [3.05, 3.63) is 23.8 Å². The van der Waals surface area contributed by atoms with Crippen molar-refractivity contribution in [2.75, 3.05) is 17.3 Å². The minimum atomic E-state index is 0.244. The zero-order valence-electron chi connectivity index (χ0n) is 12.7. The van der Waals surface area contributed by atoms with Gasteiger partial charge >= 0.3 is 0 Å². The number of anilines is 2. The third-order valence-corrected chi connectivity index (χ3v) is 3.14. The van der Waals surface area contributed by atoms with Gasteiger partial charge in [0, 0.05) is 30.8 Å². The maximum Gasteiger partial charge on any atom is 0.148 e. The molecule has 0 aromatic carbocycles. The second-order valence-corrected chi connectivity index (χ2v) is 5.15. The van der Waals surface area contributed by atoms with E-state index in [9.17, 15) is 0 Å². The number of nitrogens with one attached hydrogen (secondary N) is 2. The number of aryl methyl sites for hydroxylation is 1. The monoisotopic (exact) mass is 290 g/mol. The molecular formula is C13H22N8. The lowest BCUT2D eigenvalue weighted by atomic mass is 10.2. The third kappa shape index (κ3) is 3.88. The van der Waals surface area contributed by atoms with E-state index in [4.69, 9.17) is 5.84 Å². The molecule has 0 radical (unpaired) electrons. The van der Waals surface area contributed by atoms with Crippen LogP contribution in [0.4, 0.5) is 11.6 Å². The van der Waals surface area contributed by atoms with Crippen LogP contribution in [0.1, 0.15) is 37.6 Å². The van der Waals surface area contributed by atoms with Gasteiger partial charge in [0.2, 0.25) is 0 Å². The molecule has 4 N–H and O–H groups in total. The number of aromatic nitrogens is 5. The molecular weight excluding hydrogens is 268 g/mol. The molecule has 21 heavy (non-hydrogen) atoms. The van der Waals surface area contributed by atoms with Gasteiger partial charge in [-0.1, -0.05) is 19.1 Å². The Morgan fingerprint density at radius 1 is 1.29 bits per heavy atom. The quantitative estimate of drug-likeness (QED) is 0.400. The number of rotatable bonds is 7. The van der Waals surface area contributed by atoms with Crippen LogP contribution in [0.5, 0.6) is 0 Å². The highest BCUT2D eigenvalue weighted by Gasteiger charge is 2.12. The predicted molar refractivity (Wildman–Crippen MR) is 81.8 cm³/mol. The van der Waals surface area contributed by atoms with Crippen LogP contribution in [-0.2, 0) is 6.54 Å². The van der Waals surface area contributed by atoms with Crippen LogP contribution in [0.15, 0.2) is 12.4 Å². The smallest absolute Gasteiger partial charge is 0.148 e. The fourth-order valence-electron chi connectivity index (χ4n) is 1.90. The normalized spacial score (nSPS) is 10.9. The lowest BCUT2D eigenvalue weighted by Crippen LogP contribution is -2.16. The Kier molecular flexibility index (Phi) is 5.04. The lowest BCUT2D eigenvalue weighted by Gasteiger charge is -2.15. The summed E-state index contributed by atoms with van der Waals surface area (Å²) in [6.07, 6.45) is 4.45. The van der Waals surface area contributed by atoms with E-state index in [0.29, 0.717) is 5.82 Å². The molecule has 2 rings (SSSR count). The molecule has 0 bridgehead atoms. The van der Waals surface area contributed by atoms with Gasteiger partial charge in [-0.3, -0.25) is 4.68 Å². The van der Waals surface area contributed by atoms with Crippen LogP contribution >= 0.6 is 0 Å². The maximum absolute atomic E-state index is 5.52. The first kappa shape index (κ1) is 15.2. The first-order chi connectivity index (χ1) is 10.1. The zero-order chi connectivity index (χ0) is 15.2. The van der Waals surface area contributed by atoms with Gasteiger partial charge in [0.1, 0.15) is 17.5 Å². The minimum absolute atomic E-state index is 0.244. The molecule has 0 saturated carbocycles. The molecule has 0 saturated heterocycles. The summed E-state index contributed by atoms with van der Waals surface area (Å²) in [6.45, 7) is 7.66. The number of hydrogen-bond donors (Lipinski definition) is 3. The first-order valence-electron chi connectivity index (χ1n) is 7.05. The van der Waals surface area contributed by atoms with Crippen molar-refractivity contribution in [1.82, 2.24) is 25.0 Å². The topological polar surface area (TPSA) is 107 Å². The van der Waals surface area contributed by atoms with Crippen molar-refractivity contribution < 1.29 is 0 Å². The van der Waals surface area contributed by atoms with Gasteiger partial charge in [0.05, 0.1) is 6.20 Å². The SMILES string of the molecule is Cc1c(NN)nc(C(C)C)nc1NCCCn1ccnn1. The second-order valence-electron chi connectivity index (χ2n) is 5.15. The van der Waals surface area contributed by atoms with Gasteiger partial charge in [0.15, 0.2) is 0 Å². The molecule has 0 amide bonds. The summed E-state index contributed by atoms with van der Waals surface area (Å²) in [5.74, 6) is 8.01. The average molecular weight is 290 g/mol. The van der Waals surface area contributed by atoms with Gasteiger partial charge in [-0.25, -0.2) is 15.8 Å². The van der Waals surface area contributed by atoms with Gasteiger partial charge in [-0.2, -0.15) is 0 Å². The van der Waals surface area contributed by atoms with E-state index < -0.39 is 0 Å². The van der Waals surface area contributed by atoms with Gasteiger partial charge in [0.25, 0.3) is 0 Å². The molecule has 8 nitrogen and oxygen atoms in total. The van der Waals surface area contributed by atoms with Crippen molar-refractivity contribution in [1.29, 1.82) is 0 Å². The van der Waals surface area contributed by atoms with E-state index in [1.165, 1.54) is 0 Å². The van der Waals surface area contributed by atoms with E-state index in [-0.39, 0.29) is 5.92 Å². The fourth-order valence-corrected chi connectivity index (χ4v) is 1.90. The van der Waals surface area contributed by atoms with E-state index in [0.717, 1.165) is 36.7 Å². The molecule has 114 valence electrons. The van der Waals surface area contributed by atoms with E-state index in [2.05, 4.69) is 44.9 Å². The summed E-state index contributed by atoms with van der Waals surface area (Å²) in [5.41, 5.74) is 3.55.